The van der Waals surface area contributed by atoms with Crippen molar-refractivity contribution in [1.82, 2.24) is 0 Å². The van der Waals surface area contributed by atoms with Crippen LogP contribution in [0.15, 0.2) is 0 Å². The molecule has 0 aromatic heterocycles. The molecule has 0 N–H and O–H groups in total. The third kappa shape index (κ3) is 1.33. The molecule has 1 aliphatic heterocycles. The number of esters is 1. The van der Waals surface area contributed by atoms with Crippen LogP contribution in [0.1, 0.15) is 33.1 Å². The number of carbonyl (C=O) groups excluding carboxylic acids is 1. The van der Waals surface area contributed by atoms with Gasteiger partial charge in [-0.05, 0) is 26.2 Å². The van der Waals surface area contributed by atoms with Crippen LogP contribution < -0.4 is 0 Å². The van der Waals surface area contributed by atoms with E-state index in [0.29, 0.717) is 0 Å². The number of hydrogen-bond acceptors (Lipinski definition) is 3. The van der Waals surface area contributed by atoms with Gasteiger partial charge < -0.3 is 9.47 Å². The molecule has 2 atom stereocenters. The molecule has 2 rings (SSSR count). The number of epoxide rings is 1. The summed E-state index contributed by atoms with van der Waals surface area (Å²) in [5, 5.41) is 0. The predicted molar refractivity (Wildman–Crippen MR) is 42.7 cm³/mol. The van der Waals surface area contributed by atoms with E-state index in [2.05, 4.69) is 0 Å². The van der Waals surface area contributed by atoms with Crippen LogP contribution in [-0.2, 0) is 14.3 Å². The molecule has 68 valence electrons. The Morgan fingerprint density at radius 2 is 2.33 bits per heavy atom. The van der Waals surface area contributed by atoms with E-state index in [1.165, 1.54) is 0 Å². The molecule has 0 bridgehead atoms. The normalized spacial score (nSPS) is 39.3. The van der Waals surface area contributed by atoms with Crippen molar-refractivity contribution in [2.45, 2.75) is 50.9 Å². The van der Waals surface area contributed by atoms with Crippen molar-refractivity contribution >= 4 is 5.97 Å². The van der Waals surface area contributed by atoms with Gasteiger partial charge in [0.2, 0.25) is 0 Å². The first-order valence-electron chi connectivity index (χ1n) is 4.54. The van der Waals surface area contributed by atoms with Gasteiger partial charge in [0.05, 0.1) is 0 Å². The van der Waals surface area contributed by atoms with Crippen LogP contribution in [0.3, 0.4) is 0 Å². The molecule has 1 aliphatic carbocycles. The Hall–Kier alpha value is -0.570. The average molecular weight is 170 g/mol. The molecule has 0 aromatic carbocycles. The van der Waals surface area contributed by atoms with Gasteiger partial charge in [-0.25, -0.2) is 4.79 Å². The van der Waals surface area contributed by atoms with Crippen molar-refractivity contribution in [1.29, 1.82) is 0 Å². The van der Waals surface area contributed by atoms with Gasteiger partial charge in [0.1, 0.15) is 11.7 Å². The first-order chi connectivity index (χ1) is 5.65. The van der Waals surface area contributed by atoms with Gasteiger partial charge in [-0.1, -0.05) is 6.92 Å². The Bertz CT molecular complexity index is 210. The third-order valence-electron chi connectivity index (χ3n) is 2.61. The van der Waals surface area contributed by atoms with Gasteiger partial charge in [0, 0.05) is 0 Å². The number of rotatable bonds is 3. The number of hydrogen-bond donors (Lipinski definition) is 0. The summed E-state index contributed by atoms with van der Waals surface area (Å²) in [6.07, 6.45) is 2.84. The minimum atomic E-state index is -0.289. The molecule has 1 saturated carbocycles. The molecule has 2 aliphatic rings. The molecule has 2 fully saturated rings. The highest BCUT2D eigenvalue weighted by Gasteiger charge is 2.57. The lowest BCUT2D eigenvalue weighted by atomic mass is 10.1. The molecule has 0 amide bonds. The van der Waals surface area contributed by atoms with Gasteiger partial charge in [-0.2, -0.15) is 0 Å². The summed E-state index contributed by atoms with van der Waals surface area (Å²) in [7, 11) is 0. The summed E-state index contributed by atoms with van der Waals surface area (Å²) < 4.78 is 10.4. The fourth-order valence-corrected chi connectivity index (χ4v) is 1.21. The Labute approximate surface area is 72.0 Å². The highest BCUT2D eigenvalue weighted by atomic mass is 16.7. The zero-order chi connectivity index (χ0) is 8.77. The standard InChI is InChI=1S/C9H14O3/c1-3-9(2)7(12-9)8(10)11-6-4-5-6/h6-7H,3-5H2,1-2H3. The summed E-state index contributed by atoms with van der Waals surface area (Å²) in [5.74, 6) is -0.165. The number of ether oxygens (including phenoxy) is 2. The van der Waals surface area contributed by atoms with E-state index >= 15 is 0 Å². The maximum atomic E-state index is 11.3. The van der Waals surface area contributed by atoms with Crippen molar-refractivity contribution in [3.8, 4) is 0 Å². The van der Waals surface area contributed by atoms with E-state index in [9.17, 15) is 4.79 Å². The van der Waals surface area contributed by atoms with Gasteiger partial charge in [-0.15, -0.1) is 0 Å². The van der Waals surface area contributed by atoms with E-state index in [-0.39, 0.29) is 23.8 Å². The zero-order valence-electron chi connectivity index (χ0n) is 7.50. The van der Waals surface area contributed by atoms with Crippen LogP contribution in [0.4, 0.5) is 0 Å². The minimum absolute atomic E-state index is 0.165. The summed E-state index contributed by atoms with van der Waals surface area (Å²) in [5.41, 5.74) is -0.230. The Kier molecular flexibility index (Phi) is 1.65. The zero-order valence-corrected chi connectivity index (χ0v) is 7.50. The van der Waals surface area contributed by atoms with Crippen LogP contribution in [0.2, 0.25) is 0 Å². The van der Waals surface area contributed by atoms with Crippen molar-refractivity contribution in [2.24, 2.45) is 0 Å². The first kappa shape index (κ1) is 8.05. The van der Waals surface area contributed by atoms with E-state index in [0.717, 1.165) is 19.3 Å². The van der Waals surface area contributed by atoms with Crippen LogP contribution in [0.5, 0.6) is 0 Å². The highest BCUT2D eigenvalue weighted by Crippen LogP contribution is 2.40. The first-order valence-corrected chi connectivity index (χ1v) is 4.54. The fourth-order valence-electron chi connectivity index (χ4n) is 1.21. The van der Waals surface area contributed by atoms with Gasteiger partial charge in [0.15, 0.2) is 6.10 Å². The van der Waals surface area contributed by atoms with Crippen LogP contribution in [0, 0.1) is 0 Å². The topological polar surface area (TPSA) is 38.8 Å². The Morgan fingerprint density at radius 3 is 2.75 bits per heavy atom. The van der Waals surface area contributed by atoms with E-state index in [1.807, 2.05) is 13.8 Å². The summed E-state index contributed by atoms with van der Waals surface area (Å²) in [4.78, 5) is 11.3. The third-order valence-corrected chi connectivity index (χ3v) is 2.61. The summed E-state index contributed by atoms with van der Waals surface area (Å²) in [6.45, 7) is 3.97. The average Bonchev–Trinajstić information content (AvgIpc) is 2.88. The highest BCUT2D eigenvalue weighted by molar-refractivity contribution is 5.79. The Morgan fingerprint density at radius 1 is 1.67 bits per heavy atom. The van der Waals surface area contributed by atoms with Crippen molar-refractivity contribution < 1.29 is 14.3 Å². The van der Waals surface area contributed by atoms with E-state index in [4.69, 9.17) is 9.47 Å². The van der Waals surface area contributed by atoms with Gasteiger partial charge in [0.25, 0.3) is 0 Å². The second-order valence-electron chi connectivity index (χ2n) is 3.80. The molecular formula is C9H14O3. The van der Waals surface area contributed by atoms with Crippen LogP contribution in [0.25, 0.3) is 0 Å². The maximum Gasteiger partial charge on any atom is 0.338 e. The van der Waals surface area contributed by atoms with E-state index < -0.39 is 0 Å². The molecule has 12 heavy (non-hydrogen) atoms. The molecule has 2 unspecified atom stereocenters. The Balaban J connectivity index is 1.82. The molecule has 3 nitrogen and oxygen atoms in total. The predicted octanol–water partition coefficient (Wildman–Crippen LogP) is 1.26. The second kappa shape index (κ2) is 2.46. The number of carbonyl (C=O) groups is 1. The van der Waals surface area contributed by atoms with Gasteiger partial charge >= 0.3 is 5.97 Å². The summed E-state index contributed by atoms with van der Waals surface area (Å²) in [6, 6.07) is 0. The largest absolute Gasteiger partial charge is 0.460 e. The van der Waals surface area contributed by atoms with Crippen molar-refractivity contribution in [3.05, 3.63) is 0 Å². The monoisotopic (exact) mass is 170 g/mol. The molecule has 0 aromatic rings. The van der Waals surface area contributed by atoms with Crippen molar-refractivity contribution in [3.63, 3.8) is 0 Å². The maximum absolute atomic E-state index is 11.3. The second-order valence-corrected chi connectivity index (χ2v) is 3.80. The molecule has 1 saturated heterocycles. The lowest BCUT2D eigenvalue weighted by molar-refractivity contribution is -0.146. The van der Waals surface area contributed by atoms with Crippen molar-refractivity contribution in [2.75, 3.05) is 0 Å². The molecule has 0 radical (unpaired) electrons. The quantitative estimate of drug-likeness (QED) is 0.472. The fraction of sp³-hybridized carbons (Fsp3) is 0.889. The lowest BCUT2D eigenvalue weighted by Crippen LogP contribution is -2.20. The molecular weight excluding hydrogens is 156 g/mol. The smallest absolute Gasteiger partial charge is 0.338 e. The van der Waals surface area contributed by atoms with Crippen LogP contribution >= 0.6 is 0 Å². The molecule has 0 spiro atoms. The summed E-state index contributed by atoms with van der Waals surface area (Å²) >= 11 is 0. The minimum Gasteiger partial charge on any atom is -0.460 e. The lowest BCUT2D eigenvalue weighted by Gasteiger charge is -2.01. The van der Waals surface area contributed by atoms with E-state index in [1.54, 1.807) is 0 Å². The molecule has 1 heterocycles. The van der Waals surface area contributed by atoms with Crippen LogP contribution in [-0.4, -0.2) is 23.8 Å². The van der Waals surface area contributed by atoms with Gasteiger partial charge in [-0.3, -0.25) is 0 Å². The molecule has 3 heteroatoms. The SMILES string of the molecule is CCC1(C)OC1C(=O)OC1CC1.